The predicted molar refractivity (Wildman–Crippen MR) is 79.4 cm³/mol. The summed E-state index contributed by atoms with van der Waals surface area (Å²) in [6.07, 6.45) is 1.51. The first kappa shape index (κ1) is 13.1. The molecular weight excluding hydrogens is 268 g/mol. The lowest BCUT2D eigenvalue weighted by Crippen LogP contribution is -2.03. The van der Waals surface area contributed by atoms with Crippen LogP contribution < -0.4 is 5.32 Å². The number of carbonyl (C=O) groups is 1. The molecule has 0 fully saturated rings. The molecule has 0 bridgehead atoms. The molecule has 106 valence electrons. The van der Waals surface area contributed by atoms with Crippen LogP contribution in [0.2, 0.25) is 0 Å². The van der Waals surface area contributed by atoms with Crippen LogP contribution in [0.3, 0.4) is 0 Å². The lowest BCUT2D eigenvalue weighted by molar-refractivity contribution is 0.0697. The number of fused-ring (bicyclic) bond motifs is 1. The van der Waals surface area contributed by atoms with Gasteiger partial charge >= 0.3 is 5.97 Å². The maximum absolute atomic E-state index is 10.8. The summed E-state index contributed by atoms with van der Waals surface area (Å²) in [5.41, 5.74) is 3.09. The van der Waals surface area contributed by atoms with Crippen molar-refractivity contribution in [3.63, 3.8) is 0 Å². The molecular formula is C15H14N4O2. The van der Waals surface area contributed by atoms with Crippen molar-refractivity contribution in [3.05, 3.63) is 53.5 Å². The molecule has 2 heterocycles. The van der Waals surface area contributed by atoms with Crippen LogP contribution in [0.15, 0.2) is 36.7 Å². The Balaban J connectivity index is 1.78. The van der Waals surface area contributed by atoms with E-state index in [2.05, 4.69) is 20.3 Å². The predicted octanol–water partition coefficient (Wildman–Crippen LogP) is 2.58. The van der Waals surface area contributed by atoms with Crippen LogP contribution in [-0.4, -0.2) is 26.0 Å². The third-order valence-corrected chi connectivity index (χ3v) is 3.22. The number of aromatic carboxylic acids is 1. The van der Waals surface area contributed by atoms with Gasteiger partial charge in [-0.25, -0.2) is 14.8 Å². The molecule has 21 heavy (non-hydrogen) atoms. The van der Waals surface area contributed by atoms with Crippen molar-refractivity contribution in [2.75, 3.05) is 5.32 Å². The molecule has 0 aliphatic heterocycles. The van der Waals surface area contributed by atoms with Gasteiger partial charge in [-0.3, -0.25) is 0 Å². The van der Waals surface area contributed by atoms with E-state index in [1.54, 1.807) is 24.3 Å². The molecule has 0 atom stereocenters. The van der Waals surface area contributed by atoms with Gasteiger partial charge in [0.05, 0.1) is 10.9 Å². The zero-order valence-corrected chi connectivity index (χ0v) is 11.4. The van der Waals surface area contributed by atoms with E-state index in [1.807, 2.05) is 13.0 Å². The summed E-state index contributed by atoms with van der Waals surface area (Å²) in [7, 11) is 0. The Morgan fingerprint density at radius 3 is 2.76 bits per heavy atom. The molecule has 6 nitrogen and oxygen atoms in total. The van der Waals surface area contributed by atoms with Crippen LogP contribution >= 0.6 is 0 Å². The molecule has 0 spiro atoms. The second-order valence-corrected chi connectivity index (χ2v) is 4.79. The Bertz CT molecular complexity index is 793. The third-order valence-electron chi connectivity index (χ3n) is 3.22. The SMILES string of the molecule is Cc1cc2c(NCc3ccc(C(=O)O)cc3)ncnc2[nH]1. The van der Waals surface area contributed by atoms with Crippen LogP contribution in [0.5, 0.6) is 0 Å². The molecule has 6 heteroatoms. The van der Waals surface area contributed by atoms with E-state index in [-0.39, 0.29) is 5.56 Å². The van der Waals surface area contributed by atoms with E-state index in [4.69, 9.17) is 5.11 Å². The summed E-state index contributed by atoms with van der Waals surface area (Å²) in [4.78, 5) is 22.4. The molecule has 0 saturated heterocycles. The van der Waals surface area contributed by atoms with Crippen LogP contribution in [0.1, 0.15) is 21.6 Å². The third kappa shape index (κ3) is 2.69. The molecule has 3 aromatic rings. The molecule has 0 aliphatic rings. The molecule has 1 aromatic carbocycles. The highest BCUT2D eigenvalue weighted by atomic mass is 16.4. The second kappa shape index (κ2) is 5.24. The quantitative estimate of drug-likeness (QED) is 0.684. The molecule has 2 aromatic heterocycles. The smallest absolute Gasteiger partial charge is 0.335 e. The van der Waals surface area contributed by atoms with Gasteiger partial charge in [-0.15, -0.1) is 0 Å². The average Bonchev–Trinajstić information content (AvgIpc) is 2.86. The molecule has 3 N–H and O–H groups in total. The van der Waals surface area contributed by atoms with Gasteiger partial charge in [0.25, 0.3) is 0 Å². The van der Waals surface area contributed by atoms with Crippen molar-refractivity contribution >= 4 is 22.8 Å². The standard InChI is InChI=1S/C15H14N4O2/c1-9-6-12-13(17-8-18-14(12)19-9)16-7-10-2-4-11(5-3-10)15(20)21/h2-6,8H,7H2,1H3,(H,20,21)(H2,16,17,18,19). The number of hydrogen-bond acceptors (Lipinski definition) is 4. The fourth-order valence-electron chi connectivity index (χ4n) is 2.16. The van der Waals surface area contributed by atoms with Crippen LogP contribution in [0, 0.1) is 6.92 Å². The Morgan fingerprint density at radius 2 is 2.05 bits per heavy atom. The Morgan fingerprint density at radius 1 is 1.29 bits per heavy atom. The first-order valence-electron chi connectivity index (χ1n) is 6.50. The number of nitrogens with one attached hydrogen (secondary N) is 2. The molecule has 0 saturated carbocycles. The van der Waals surface area contributed by atoms with E-state index in [0.717, 1.165) is 28.1 Å². The monoisotopic (exact) mass is 282 g/mol. The number of rotatable bonds is 4. The number of aryl methyl sites for hydroxylation is 1. The highest BCUT2D eigenvalue weighted by Crippen LogP contribution is 2.20. The molecule has 0 amide bonds. The number of carboxylic acids is 1. The highest BCUT2D eigenvalue weighted by molar-refractivity contribution is 5.88. The first-order chi connectivity index (χ1) is 10.1. The van der Waals surface area contributed by atoms with E-state index in [9.17, 15) is 4.79 Å². The fourth-order valence-corrected chi connectivity index (χ4v) is 2.16. The van der Waals surface area contributed by atoms with Crippen LogP contribution in [-0.2, 0) is 6.54 Å². The molecule has 0 unspecified atom stereocenters. The Hall–Kier alpha value is -2.89. The van der Waals surface area contributed by atoms with E-state index in [1.165, 1.54) is 6.33 Å². The number of hydrogen-bond donors (Lipinski definition) is 3. The van der Waals surface area contributed by atoms with Gasteiger partial charge in [0.1, 0.15) is 17.8 Å². The lowest BCUT2D eigenvalue weighted by atomic mass is 10.1. The minimum absolute atomic E-state index is 0.282. The molecule has 0 aliphatic carbocycles. The van der Waals surface area contributed by atoms with Gasteiger partial charge in [0.2, 0.25) is 0 Å². The Labute approximate surface area is 120 Å². The minimum Gasteiger partial charge on any atom is -0.478 e. The van der Waals surface area contributed by atoms with Gasteiger partial charge < -0.3 is 15.4 Å². The van der Waals surface area contributed by atoms with Gasteiger partial charge in [-0.1, -0.05) is 12.1 Å². The summed E-state index contributed by atoms with van der Waals surface area (Å²) in [6, 6.07) is 8.75. The van der Waals surface area contributed by atoms with Crippen molar-refractivity contribution in [3.8, 4) is 0 Å². The van der Waals surface area contributed by atoms with E-state index in [0.29, 0.717) is 6.54 Å². The minimum atomic E-state index is -0.921. The fraction of sp³-hybridized carbons (Fsp3) is 0.133. The summed E-state index contributed by atoms with van der Waals surface area (Å²) >= 11 is 0. The molecule has 3 rings (SSSR count). The topological polar surface area (TPSA) is 90.9 Å². The normalized spacial score (nSPS) is 10.7. The maximum Gasteiger partial charge on any atom is 0.335 e. The van der Waals surface area contributed by atoms with Crippen molar-refractivity contribution in [2.24, 2.45) is 0 Å². The van der Waals surface area contributed by atoms with Crippen molar-refractivity contribution in [2.45, 2.75) is 13.5 Å². The van der Waals surface area contributed by atoms with Crippen LogP contribution in [0.4, 0.5) is 5.82 Å². The lowest BCUT2D eigenvalue weighted by Gasteiger charge is -2.06. The average molecular weight is 282 g/mol. The Kier molecular flexibility index (Phi) is 3.27. The number of anilines is 1. The number of nitrogens with zero attached hydrogens (tertiary/aromatic N) is 2. The summed E-state index contributed by atoms with van der Waals surface area (Å²) in [6.45, 7) is 2.53. The number of carboxylic acid groups (broad SMARTS) is 1. The second-order valence-electron chi connectivity index (χ2n) is 4.79. The highest BCUT2D eigenvalue weighted by Gasteiger charge is 2.06. The van der Waals surface area contributed by atoms with Crippen molar-refractivity contribution in [1.82, 2.24) is 15.0 Å². The summed E-state index contributed by atoms with van der Waals surface area (Å²) in [5, 5.41) is 13.1. The van der Waals surface area contributed by atoms with Gasteiger partial charge in [-0.2, -0.15) is 0 Å². The first-order valence-corrected chi connectivity index (χ1v) is 6.50. The molecule has 0 radical (unpaired) electrons. The van der Waals surface area contributed by atoms with Gasteiger partial charge in [0.15, 0.2) is 0 Å². The van der Waals surface area contributed by atoms with E-state index >= 15 is 0 Å². The van der Waals surface area contributed by atoms with Gasteiger partial charge in [0, 0.05) is 12.2 Å². The number of aromatic nitrogens is 3. The van der Waals surface area contributed by atoms with Crippen LogP contribution in [0.25, 0.3) is 11.0 Å². The number of benzene rings is 1. The van der Waals surface area contributed by atoms with Crippen molar-refractivity contribution < 1.29 is 9.90 Å². The summed E-state index contributed by atoms with van der Waals surface area (Å²) < 4.78 is 0. The number of H-pyrrole nitrogens is 1. The van der Waals surface area contributed by atoms with Crippen molar-refractivity contribution in [1.29, 1.82) is 0 Å². The zero-order valence-electron chi connectivity index (χ0n) is 11.4. The van der Waals surface area contributed by atoms with Gasteiger partial charge in [-0.05, 0) is 30.7 Å². The summed E-state index contributed by atoms with van der Waals surface area (Å²) in [5.74, 6) is -0.165. The number of aromatic amines is 1. The largest absolute Gasteiger partial charge is 0.478 e. The maximum atomic E-state index is 10.8. The zero-order chi connectivity index (χ0) is 14.8. The van der Waals surface area contributed by atoms with E-state index < -0.39 is 5.97 Å².